The molecule has 0 aromatic heterocycles. The number of hydrogen-bond donors (Lipinski definition) is 2. The first-order valence-corrected chi connectivity index (χ1v) is 10.1. The van der Waals surface area contributed by atoms with Crippen LogP contribution in [0.3, 0.4) is 0 Å². The molecule has 1 atom stereocenters. The number of hydrogen-bond acceptors (Lipinski definition) is 4. The molecule has 0 saturated heterocycles. The van der Waals surface area contributed by atoms with Crippen molar-refractivity contribution >= 4 is 23.6 Å². The zero-order valence-electron chi connectivity index (χ0n) is 17.1. The van der Waals surface area contributed by atoms with Crippen molar-refractivity contribution in [3.63, 3.8) is 0 Å². The zero-order valence-corrected chi connectivity index (χ0v) is 17.9. The van der Waals surface area contributed by atoms with Gasteiger partial charge in [-0.3, -0.25) is 0 Å². The van der Waals surface area contributed by atoms with Gasteiger partial charge in [0.15, 0.2) is 0 Å². The summed E-state index contributed by atoms with van der Waals surface area (Å²) in [4.78, 5) is 25.1. The summed E-state index contributed by atoms with van der Waals surface area (Å²) in [7, 11) is 0. The number of carbonyl (C=O) groups excluding carboxylic acids is 2. The first-order chi connectivity index (χ1) is 13.2. The van der Waals surface area contributed by atoms with E-state index in [0.29, 0.717) is 34.0 Å². The Bertz CT molecular complexity index is 759. The first-order valence-electron chi connectivity index (χ1n) is 9.70. The molecule has 1 aromatic rings. The molecule has 2 rings (SSSR count). The molecular formula is C21H29ClN2O4. The Morgan fingerprint density at radius 2 is 1.93 bits per heavy atom. The van der Waals surface area contributed by atoms with Crippen molar-refractivity contribution in [2.45, 2.75) is 72.1 Å². The van der Waals surface area contributed by atoms with Crippen LogP contribution in [-0.4, -0.2) is 24.2 Å². The van der Waals surface area contributed by atoms with Crippen molar-refractivity contribution in [2.75, 3.05) is 0 Å². The Morgan fingerprint density at radius 1 is 1.21 bits per heavy atom. The maximum Gasteiger partial charge on any atom is 0.338 e. The number of urea groups is 1. The average Bonchev–Trinajstić information content (AvgIpc) is 2.60. The maximum absolute atomic E-state index is 12.8. The van der Waals surface area contributed by atoms with E-state index in [1.807, 2.05) is 13.8 Å². The molecule has 0 saturated carbocycles. The third-order valence-electron chi connectivity index (χ3n) is 4.15. The van der Waals surface area contributed by atoms with Crippen LogP contribution in [0.1, 0.15) is 65.5 Å². The summed E-state index contributed by atoms with van der Waals surface area (Å²) in [5.74, 6) is 0.111. The molecule has 1 unspecified atom stereocenters. The van der Waals surface area contributed by atoms with Crippen molar-refractivity contribution in [1.82, 2.24) is 10.6 Å². The van der Waals surface area contributed by atoms with Crippen LogP contribution < -0.4 is 15.4 Å². The monoisotopic (exact) mass is 408 g/mol. The Kier molecular flexibility index (Phi) is 7.75. The van der Waals surface area contributed by atoms with Crippen LogP contribution in [0.25, 0.3) is 0 Å². The molecule has 28 heavy (non-hydrogen) atoms. The van der Waals surface area contributed by atoms with Gasteiger partial charge in [-0.15, -0.1) is 0 Å². The lowest BCUT2D eigenvalue weighted by molar-refractivity contribution is -0.143. The molecule has 7 heteroatoms. The van der Waals surface area contributed by atoms with Gasteiger partial charge in [0.1, 0.15) is 5.75 Å². The predicted molar refractivity (Wildman–Crippen MR) is 109 cm³/mol. The van der Waals surface area contributed by atoms with Crippen LogP contribution >= 0.6 is 11.6 Å². The Labute approximate surface area is 171 Å². The summed E-state index contributed by atoms with van der Waals surface area (Å²) in [6, 6.07) is 4.28. The highest BCUT2D eigenvalue weighted by Gasteiger charge is 2.34. The van der Waals surface area contributed by atoms with E-state index >= 15 is 0 Å². The molecule has 1 heterocycles. The molecule has 1 aliphatic rings. The molecule has 0 radical (unpaired) electrons. The van der Waals surface area contributed by atoms with E-state index in [0.717, 1.165) is 12.8 Å². The standard InChI is InChI=1S/C21H29ClN2O4/c1-6-7-8-16-18(20(25)28-13(4)5)19(24-21(26)23-16)14-9-10-17(15(22)11-14)27-12(2)3/h9-13,19H,6-8H2,1-5H3,(H2,23,24,26). The number of esters is 1. The average molecular weight is 409 g/mol. The third-order valence-corrected chi connectivity index (χ3v) is 4.44. The minimum absolute atomic E-state index is 0.0148. The molecule has 1 aliphatic heterocycles. The lowest BCUT2D eigenvalue weighted by Crippen LogP contribution is -2.46. The smallest absolute Gasteiger partial charge is 0.338 e. The lowest BCUT2D eigenvalue weighted by atomic mass is 9.93. The van der Waals surface area contributed by atoms with Crippen LogP contribution in [0.2, 0.25) is 5.02 Å². The van der Waals surface area contributed by atoms with E-state index in [1.165, 1.54) is 0 Å². The van der Waals surface area contributed by atoms with E-state index in [1.54, 1.807) is 32.0 Å². The summed E-state index contributed by atoms with van der Waals surface area (Å²) in [6.45, 7) is 9.48. The van der Waals surface area contributed by atoms with Gasteiger partial charge in [0.05, 0.1) is 28.8 Å². The van der Waals surface area contributed by atoms with E-state index < -0.39 is 12.0 Å². The SMILES string of the molecule is CCCCC1=C(C(=O)OC(C)C)C(c2ccc(OC(C)C)c(Cl)c2)NC(=O)N1. The Hall–Kier alpha value is -2.21. The highest BCUT2D eigenvalue weighted by atomic mass is 35.5. The van der Waals surface area contributed by atoms with Gasteiger partial charge in [0, 0.05) is 5.70 Å². The van der Waals surface area contributed by atoms with Gasteiger partial charge in [-0.25, -0.2) is 9.59 Å². The van der Waals surface area contributed by atoms with E-state index in [2.05, 4.69) is 17.6 Å². The van der Waals surface area contributed by atoms with Crippen LogP contribution in [-0.2, 0) is 9.53 Å². The van der Waals surface area contributed by atoms with Crippen molar-refractivity contribution in [3.05, 3.63) is 40.1 Å². The molecule has 0 bridgehead atoms. The number of ether oxygens (including phenoxy) is 2. The highest BCUT2D eigenvalue weighted by Crippen LogP contribution is 2.34. The number of unbranched alkanes of at least 4 members (excludes halogenated alkanes) is 1. The van der Waals surface area contributed by atoms with Gasteiger partial charge in [-0.2, -0.15) is 0 Å². The van der Waals surface area contributed by atoms with E-state index in [-0.39, 0.29) is 18.2 Å². The molecule has 2 amide bonds. The number of amides is 2. The first kappa shape index (κ1) is 22.1. The lowest BCUT2D eigenvalue weighted by Gasteiger charge is -2.30. The summed E-state index contributed by atoms with van der Waals surface area (Å²) >= 11 is 6.38. The van der Waals surface area contributed by atoms with Crippen molar-refractivity contribution in [1.29, 1.82) is 0 Å². The molecular weight excluding hydrogens is 380 g/mol. The van der Waals surface area contributed by atoms with Crippen molar-refractivity contribution in [2.24, 2.45) is 0 Å². The largest absolute Gasteiger partial charge is 0.489 e. The normalized spacial score (nSPS) is 16.9. The predicted octanol–water partition coefficient (Wildman–Crippen LogP) is 4.88. The second kappa shape index (κ2) is 9.82. The maximum atomic E-state index is 12.8. The number of nitrogens with one attached hydrogen (secondary N) is 2. The van der Waals surface area contributed by atoms with Crippen molar-refractivity contribution in [3.8, 4) is 5.75 Å². The summed E-state index contributed by atoms with van der Waals surface area (Å²) in [6.07, 6.45) is 2.10. The highest BCUT2D eigenvalue weighted by molar-refractivity contribution is 6.32. The van der Waals surface area contributed by atoms with Gasteiger partial charge in [-0.1, -0.05) is 31.0 Å². The molecule has 0 fully saturated rings. The van der Waals surface area contributed by atoms with Crippen LogP contribution in [0.4, 0.5) is 4.79 Å². The molecule has 6 nitrogen and oxygen atoms in total. The van der Waals surface area contributed by atoms with E-state index in [4.69, 9.17) is 21.1 Å². The molecule has 154 valence electrons. The fourth-order valence-corrected chi connectivity index (χ4v) is 3.22. The van der Waals surface area contributed by atoms with Crippen molar-refractivity contribution < 1.29 is 19.1 Å². The van der Waals surface area contributed by atoms with Crippen LogP contribution in [0.5, 0.6) is 5.75 Å². The summed E-state index contributed by atoms with van der Waals surface area (Å²) in [5.41, 5.74) is 1.70. The second-order valence-corrected chi connectivity index (χ2v) is 7.74. The number of halogens is 1. The van der Waals surface area contributed by atoms with Gasteiger partial charge >= 0.3 is 12.0 Å². The van der Waals surface area contributed by atoms with Crippen LogP contribution in [0.15, 0.2) is 29.5 Å². The van der Waals surface area contributed by atoms with Crippen LogP contribution in [0, 0.1) is 0 Å². The molecule has 0 spiro atoms. The fourth-order valence-electron chi connectivity index (χ4n) is 2.98. The second-order valence-electron chi connectivity index (χ2n) is 7.34. The molecule has 1 aromatic carbocycles. The van der Waals surface area contributed by atoms with Gasteiger partial charge in [-0.05, 0) is 58.2 Å². The number of benzene rings is 1. The summed E-state index contributed by atoms with van der Waals surface area (Å²) < 4.78 is 11.1. The fraction of sp³-hybridized carbons (Fsp3) is 0.524. The number of rotatable bonds is 8. The molecule has 2 N–H and O–H groups in total. The zero-order chi connectivity index (χ0) is 20.8. The quantitative estimate of drug-likeness (QED) is 0.601. The Balaban J connectivity index is 2.47. The van der Waals surface area contributed by atoms with Gasteiger partial charge in [0.2, 0.25) is 0 Å². The van der Waals surface area contributed by atoms with Gasteiger partial charge < -0.3 is 20.1 Å². The minimum Gasteiger partial charge on any atom is -0.489 e. The molecule has 0 aliphatic carbocycles. The minimum atomic E-state index is -0.641. The Morgan fingerprint density at radius 3 is 2.50 bits per heavy atom. The van der Waals surface area contributed by atoms with E-state index in [9.17, 15) is 9.59 Å². The topological polar surface area (TPSA) is 76.7 Å². The number of allylic oxidation sites excluding steroid dienone is 1. The summed E-state index contributed by atoms with van der Waals surface area (Å²) in [5, 5.41) is 6.02. The number of carbonyl (C=O) groups is 2. The third kappa shape index (κ3) is 5.64. The van der Waals surface area contributed by atoms with Gasteiger partial charge in [0.25, 0.3) is 0 Å².